The summed E-state index contributed by atoms with van der Waals surface area (Å²) in [6.45, 7) is 7.73. The topological polar surface area (TPSA) is 55.8 Å². The van der Waals surface area contributed by atoms with Crippen LogP contribution in [-0.2, 0) is 6.54 Å². The number of aromatic nitrogens is 1. The predicted octanol–water partition coefficient (Wildman–Crippen LogP) is 3.18. The zero-order valence-corrected chi connectivity index (χ0v) is 18.2. The smallest absolute Gasteiger partial charge is 0.191 e. The average molecular weight is 395 g/mol. The van der Waals surface area contributed by atoms with E-state index in [1.165, 1.54) is 17.7 Å². The van der Waals surface area contributed by atoms with E-state index >= 15 is 0 Å². The molecule has 1 atom stereocenters. The summed E-state index contributed by atoms with van der Waals surface area (Å²) in [4.78, 5) is 13.9. The maximum atomic E-state index is 4.78. The summed E-state index contributed by atoms with van der Waals surface area (Å²) in [6, 6.07) is 15.3. The Morgan fingerprint density at radius 3 is 2.72 bits per heavy atom. The van der Waals surface area contributed by atoms with E-state index in [0.29, 0.717) is 12.6 Å². The molecule has 2 aromatic rings. The van der Waals surface area contributed by atoms with E-state index in [-0.39, 0.29) is 0 Å². The first-order chi connectivity index (χ1) is 14.0. The van der Waals surface area contributed by atoms with Gasteiger partial charge in [0.1, 0.15) is 5.82 Å². The molecule has 0 amide bonds. The Kier molecular flexibility index (Phi) is 7.33. The monoisotopic (exact) mass is 394 g/mol. The van der Waals surface area contributed by atoms with E-state index in [4.69, 9.17) is 4.99 Å². The molecule has 1 aromatic heterocycles. The molecule has 0 spiro atoms. The number of anilines is 2. The lowest BCUT2D eigenvalue weighted by atomic mass is 10.0. The fourth-order valence-corrected chi connectivity index (χ4v) is 3.56. The van der Waals surface area contributed by atoms with Gasteiger partial charge in [-0.1, -0.05) is 23.8 Å². The average Bonchev–Trinajstić information content (AvgIpc) is 2.73. The third kappa shape index (κ3) is 6.11. The highest BCUT2D eigenvalue weighted by Crippen LogP contribution is 2.20. The first-order valence-corrected chi connectivity index (χ1v) is 10.5. The fourth-order valence-electron chi connectivity index (χ4n) is 3.56. The number of nitrogens with one attached hydrogen (secondary N) is 2. The number of hydrogen-bond acceptors (Lipinski definition) is 4. The normalized spacial score (nSPS) is 17.2. The number of aryl methyl sites for hydroxylation is 1. The molecule has 1 aromatic carbocycles. The van der Waals surface area contributed by atoms with Gasteiger partial charge in [0.15, 0.2) is 5.96 Å². The minimum absolute atomic E-state index is 0.379. The van der Waals surface area contributed by atoms with Crippen LogP contribution in [0.25, 0.3) is 0 Å². The Balaban J connectivity index is 1.63. The van der Waals surface area contributed by atoms with Crippen LogP contribution in [0.15, 0.2) is 47.5 Å². The van der Waals surface area contributed by atoms with Crippen molar-refractivity contribution in [3.8, 4) is 0 Å². The van der Waals surface area contributed by atoms with E-state index in [0.717, 1.165) is 43.5 Å². The SMILES string of the molecule is CCNC(=NCc1cccc(N(C)C)n1)NC1CCCN(c2ccc(C)cc2)C1. The maximum Gasteiger partial charge on any atom is 0.191 e. The van der Waals surface area contributed by atoms with Crippen molar-refractivity contribution in [2.75, 3.05) is 43.5 Å². The van der Waals surface area contributed by atoms with Crippen LogP contribution in [-0.4, -0.2) is 50.7 Å². The Morgan fingerprint density at radius 1 is 1.21 bits per heavy atom. The lowest BCUT2D eigenvalue weighted by Gasteiger charge is -2.35. The van der Waals surface area contributed by atoms with Gasteiger partial charge in [0, 0.05) is 45.5 Å². The minimum Gasteiger partial charge on any atom is -0.369 e. The molecule has 0 bridgehead atoms. The van der Waals surface area contributed by atoms with Crippen LogP contribution < -0.4 is 20.4 Å². The van der Waals surface area contributed by atoms with Crippen molar-refractivity contribution < 1.29 is 0 Å². The molecule has 6 nitrogen and oxygen atoms in total. The van der Waals surface area contributed by atoms with Crippen LogP contribution >= 0.6 is 0 Å². The van der Waals surface area contributed by atoms with Gasteiger partial charge in [-0.25, -0.2) is 9.98 Å². The molecule has 3 rings (SSSR count). The van der Waals surface area contributed by atoms with E-state index < -0.39 is 0 Å². The lowest BCUT2D eigenvalue weighted by molar-refractivity contribution is 0.468. The molecule has 6 heteroatoms. The van der Waals surface area contributed by atoms with Gasteiger partial charge < -0.3 is 20.4 Å². The van der Waals surface area contributed by atoms with Gasteiger partial charge in [0.05, 0.1) is 12.2 Å². The first kappa shape index (κ1) is 21.0. The number of hydrogen-bond donors (Lipinski definition) is 2. The van der Waals surface area contributed by atoms with Crippen molar-refractivity contribution in [3.63, 3.8) is 0 Å². The number of guanidine groups is 1. The molecule has 2 heterocycles. The molecule has 1 saturated heterocycles. The first-order valence-electron chi connectivity index (χ1n) is 10.5. The number of pyridine rings is 1. The Bertz CT molecular complexity index is 799. The maximum absolute atomic E-state index is 4.78. The standard InChI is InChI=1S/C23H34N6/c1-5-24-23(25-16-19-8-6-10-22(26-19)28(3)4)27-20-9-7-15-29(17-20)21-13-11-18(2)12-14-21/h6,8,10-14,20H,5,7,9,15-17H2,1-4H3,(H2,24,25,27). The zero-order valence-electron chi connectivity index (χ0n) is 18.2. The second-order valence-electron chi connectivity index (χ2n) is 7.84. The Morgan fingerprint density at radius 2 is 2.00 bits per heavy atom. The second-order valence-corrected chi connectivity index (χ2v) is 7.84. The number of piperidine rings is 1. The van der Waals surface area contributed by atoms with Gasteiger partial charge in [-0.05, 0) is 51.0 Å². The van der Waals surface area contributed by atoms with E-state index in [2.05, 4.69) is 58.6 Å². The van der Waals surface area contributed by atoms with E-state index in [9.17, 15) is 0 Å². The van der Waals surface area contributed by atoms with E-state index in [1.54, 1.807) is 0 Å². The molecule has 0 radical (unpaired) electrons. The largest absolute Gasteiger partial charge is 0.369 e. The van der Waals surface area contributed by atoms with Crippen LogP contribution in [0.2, 0.25) is 0 Å². The van der Waals surface area contributed by atoms with Gasteiger partial charge >= 0.3 is 0 Å². The molecule has 156 valence electrons. The highest BCUT2D eigenvalue weighted by atomic mass is 15.2. The molecular weight excluding hydrogens is 360 g/mol. The van der Waals surface area contributed by atoms with Crippen molar-refractivity contribution in [3.05, 3.63) is 53.7 Å². The molecule has 1 aliphatic heterocycles. The van der Waals surface area contributed by atoms with Gasteiger partial charge in [-0.2, -0.15) is 0 Å². The van der Waals surface area contributed by atoms with Crippen molar-refractivity contribution in [2.45, 2.75) is 39.3 Å². The summed E-state index contributed by atoms with van der Waals surface area (Å²) in [5, 5.41) is 7.02. The van der Waals surface area contributed by atoms with Crippen LogP contribution in [0, 0.1) is 6.92 Å². The van der Waals surface area contributed by atoms with Crippen LogP contribution in [0.3, 0.4) is 0 Å². The van der Waals surface area contributed by atoms with Crippen molar-refractivity contribution in [1.82, 2.24) is 15.6 Å². The number of nitrogens with zero attached hydrogens (tertiary/aromatic N) is 4. The quantitative estimate of drug-likeness (QED) is 0.582. The fraction of sp³-hybridized carbons (Fsp3) is 0.478. The molecule has 0 saturated carbocycles. The third-order valence-corrected chi connectivity index (χ3v) is 5.16. The third-order valence-electron chi connectivity index (χ3n) is 5.16. The van der Waals surface area contributed by atoms with Gasteiger partial charge in [0.2, 0.25) is 0 Å². The molecular formula is C23H34N6. The molecule has 1 fully saturated rings. The number of aliphatic imine (C=N–C) groups is 1. The zero-order chi connectivity index (χ0) is 20.6. The number of rotatable bonds is 6. The summed E-state index contributed by atoms with van der Waals surface area (Å²) in [7, 11) is 4.01. The van der Waals surface area contributed by atoms with Crippen molar-refractivity contribution in [2.24, 2.45) is 4.99 Å². The van der Waals surface area contributed by atoms with Crippen molar-refractivity contribution in [1.29, 1.82) is 0 Å². The summed E-state index contributed by atoms with van der Waals surface area (Å²) in [6.07, 6.45) is 2.33. The molecule has 0 aliphatic carbocycles. The highest BCUT2D eigenvalue weighted by molar-refractivity contribution is 5.80. The Hall–Kier alpha value is -2.76. The highest BCUT2D eigenvalue weighted by Gasteiger charge is 2.21. The van der Waals surface area contributed by atoms with Crippen LogP contribution in [0.5, 0.6) is 0 Å². The molecule has 2 N–H and O–H groups in total. The summed E-state index contributed by atoms with van der Waals surface area (Å²) in [5.74, 6) is 1.82. The van der Waals surface area contributed by atoms with E-state index in [1.807, 2.05) is 37.2 Å². The predicted molar refractivity (Wildman–Crippen MR) is 123 cm³/mol. The Labute approximate surface area is 175 Å². The summed E-state index contributed by atoms with van der Waals surface area (Å²) in [5.41, 5.74) is 3.57. The molecule has 29 heavy (non-hydrogen) atoms. The van der Waals surface area contributed by atoms with Crippen LogP contribution in [0.1, 0.15) is 31.0 Å². The summed E-state index contributed by atoms with van der Waals surface area (Å²) < 4.78 is 0. The van der Waals surface area contributed by atoms with Crippen molar-refractivity contribution >= 4 is 17.5 Å². The van der Waals surface area contributed by atoms with Gasteiger partial charge in [0.25, 0.3) is 0 Å². The second kappa shape index (κ2) is 10.1. The molecule has 1 aliphatic rings. The van der Waals surface area contributed by atoms with Gasteiger partial charge in [-0.15, -0.1) is 0 Å². The number of benzene rings is 1. The van der Waals surface area contributed by atoms with Gasteiger partial charge in [-0.3, -0.25) is 0 Å². The lowest BCUT2D eigenvalue weighted by Crippen LogP contribution is -2.51. The minimum atomic E-state index is 0.379. The van der Waals surface area contributed by atoms with Crippen LogP contribution in [0.4, 0.5) is 11.5 Å². The summed E-state index contributed by atoms with van der Waals surface area (Å²) >= 11 is 0. The molecule has 1 unspecified atom stereocenters.